The second kappa shape index (κ2) is 5.63. The highest BCUT2D eigenvalue weighted by Crippen LogP contribution is 2.17. The van der Waals surface area contributed by atoms with E-state index in [4.69, 9.17) is 9.47 Å². The lowest BCUT2D eigenvalue weighted by molar-refractivity contribution is 0.0527. The first-order valence-corrected chi connectivity index (χ1v) is 5.77. The van der Waals surface area contributed by atoms with Crippen LogP contribution >= 0.6 is 0 Å². The predicted octanol–water partition coefficient (Wildman–Crippen LogP) is 1.46. The van der Waals surface area contributed by atoms with E-state index >= 15 is 0 Å². The number of nitrogens with zero attached hydrogens (tertiary/aromatic N) is 1. The zero-order chi connectivity index (χ0) is 12.1. The molecule has 17 heavy (non-hydrogen) atoms. The monoisotopic (exact) mass is 236 g/mol. The first-order chi connectivity index (χ1) is 8.31. The Morgan fingerprint density at radius 3 is 3.29 bits per heavy atom. The molecular weight excluding hydrogens is 220 g/mol. The molecule has 0 radical (unpaired) electrons. The summed E-state index contributed by atoms with van der Waals surface area (Å²) in [5.74, 6) is 0.225. The number of carbonyl (C=O) groups is 1. The van der Waals surface area contributed by atoms with Crippen molar-refractivity contribution in [2.75, 3.05) is 25.1 Å². The van der Waals surface area contributed by atoms with Crippen LogP contribution in [0.15, 0.2) is 18.3 Å². The van der Waals surface area contributed by atoms with Crippen LogP contribution in [0.25, 0.3) is 0 Å². The number of carbonyl (C=O) groups excluding carboxylic acids is 1. The topological polar surface area (TPSA) is 60.5 Å². The van der Waals surface area contributed by atoms with E-state index in [0.717, 1.165) is 13.0 Å². The molecule has 5 heteroatoms. The third-order valence-electron chi connectivity index (χ3n) is 2.57. The van der Waals surface area contributed by atoms with Crippen molar-refractivity contribution < 1.29 is 14.3 Å². The summed E-state index contributed by atoms with van der Waals surface area (Å²) in [4.78, 5) is 15.9. The van der Waals surface area contributed by atoms with Gasteiger partial charge >= 0.3 is 5.97 Å². The average molecular weight is 236 g/mol. The van der Waals surface area contributed by atoms with Gasteiger partial charge in [-0.1, -0.05) is 0 Å². The Balaban J connectivity index is 2.12. The van der Waals surface area contributed by atoms with E-state index in [0.29, 0.717) is 24.6 Å². The molecule has 1 atom stereocenters. The number of hydrogen-bond acceptors (Lipinski definition) is 5. The molecule has 1 N–H and O–H groups in total. The summed E-state index contributed by atoms with van der Waals surface area (Å²) in [6.07, 6.45) is 2.58. The second-order valence-corrected chi connectivity index (χ2v) is 3.82. The maximum Gasteiger partial charge on any atom is 0.341 e. The molecule has 1 unspecified atom stereocenters. The Bertz CT molecular complexity index is 389. The molecule has 1 aliphatic heterocycles. The van der Waals surface area contributed by atoms with Crippen LogP contribution in [0, 0.1) is 0 Å². The van der Waals surface area contributed by atoms with Gasteiger partial charge in [-0.25, -0.2) is 9.78 Å². The molecule has 2 rings (SSSR count). The van der Waals surface area contributed by atoms with Crippen molar-refractivity contribution in [3.63, 3.8) is 0 Å². The summed E-state index contributed by atoms with van der Waals surface area (Å²) in [5.41, 5.74) is 0.473. The Morgan fingerprint density at radius 1 is 1.71 bits per heavy atom. The Morgan fingerprint density at radius 2 is 2.59 bits per heavy atom. The van der Waals surface area contributed by atoms with Crippen molar-refractivity contribution >= 4 is 11.8 Å². The number of pyridine rings is 1. The lowest BCUT2D eigenvalue weighted by atomic mass is 10.2. The van der Waals surface area contributed by atoms with E-state index < -0.39 is 0 Å². The van der Waals surface area contributed by atoms with Crippen LogP contribution < -0.4 is 5.32 Å². The van der Waals surface area contributed by atoms with Gasteiger partial charge in [-0.2, -0.15) is 0 Å². The molecule has 0 amide bonds. The van der Waals surface area contributed by atoms with E-state index in [9.17, 15) is 4.79 Å². The largest absolute Gasteiger partial charge is 0.462 e. The Hall–Kier alpha value is -1.62. The van der Waals surface area contributed by atoms with Gasteiger partial charge in [0.2, 0.25) is 0 Å². The van der Waals surface area contributed by atoms with Crippen LogP contribution in [-0.4, -0.2) is 36.8 Å². The fraction of sp³-hybridized carbons (Fsp3) is 0.500. The number of anilines is 1. The van der Waals surface area contributed by atoms with E-state index in [1.165, 1.54) is 0 Å². The van der Waals surface area contributed by atoms with Crippen molar-refractivity contribution in [3.05, 3.63) is 23.9 Å². The summed E-state index contributed by atoms with van der Waals surface area (Å²) < 4.78 is 10.3. The summed E-state index contributed by atoms with van der Waals surface area (Å²) in [5, 5.41) is 3.21. The molecule has 5 nitrogen and oxygen atoms in total. The van der Waals surface area contributed by atoms with Gasteiger partial charge in [0.05, 0.1) is 19.3 Å². The first-order valence-electron chi connectivity index (χ1n) is 5.77. The molecular formula is C12H16N2O3. The molecule has 92 valence electrons. The molecule has 0 saturated carbocycles. The zero-order valence-corrected chi connectivity index (χ0v) is 9.81. The van der Waals surface area contributed by atoms with Gasteiger partial charge in [0.15, 0.2) is 0 Å². The molecule has 0 aromatic carbocycles. The SMILES string of the molecule is CCOC(=O)c1cccnc1NC1CCOC1. The lowest BCUT2D eigenvalue weighted by Gasteiger charge is -2.13. The highest BCUT2D eigenvalue weighted by Gasteiger charge is 2.19. The minimum Gasteiger partial charge on any atom is -0.462 e. The van der Waals surface area contributed by atoms with Gasteiger partial charge < -0.3 is 14.8 Å². The minimum atomic E-state index is -0.345. The molecule has 1 fully saturated rings. The van der Waals surface area contributed by atoms with E-state index in [-0.39, 0.29) is 12.0 Å². The highest BCUT2D eigenvalue weighted by molar-refractivity contribution is 5.94. The molecule has 1 aromatic heterocycles. The van der Waals surface area contributed by atoms with Crippen LogP contribution in [0.3, 0.4) is 0 Å². The average Bonchev–Trinajstić information content (AvgIpc) is 2.83. The Kier molecular flexibility index (Phi) is 3.93. The summed E-state index contributed by atoms with van der Waals surface area (Å²) in [7, 11) is 0. The first kappa shape index (κ1) is 11.9. The number of hydrogen-bond donors (Lipinski definition) is 1. The van der Waals surface area contributed by atoms with Crippen LogP contribution in [-0.2, 0) is 9.47 Å². The van der Waals surface area contributed by atoms with E-state index in [1.807, 2.05) is 0 Å². The summed E-state index contributed by atoms with van der Waals surface area (Å²) in [6, 6.07) is 3.66. The van der Waals surface area contributed by atoms with Crippen molar-refractivity contribution in [1.82, 2.24) is 4.98 Å². The van der Waals surface area contributed by atoms with Gasteiger partial charge in [0.1, 0.15) is 11.4 Å². The smallest absolute Gasteiger partial charge is 0.341 e. The normalized spacial score (nSPS) is 19.0. The van der Waals surface area contributed by atoms with Crippen LogP contribution in [0.2, 0.25) is 0 Å². The molecule has 1 aromatic rings. The number of rotatable bonds is 4. The summed E-state index contributed by atoms with van der Waals surface area (Å²) in [6.45, 7) is 3.55. The number of esters is 1. The Labute approximate surface area is 100 Å². The number of aromatic nitrogens is 1. The van der Waals surface area contributed by atoms with Gasteiger partial charge in [-0.3, -0.25) is 0 Å². The molecule has 0 aliphatic carbocycles. The maximum atomic E-state index is 11.7. The van der Waals surface area contributed by atoms with Gasteiger partial charge in [-0.05, 0) is 25.5 Å². The predicted molar refractivity (Wildman–Crippen MR) is 63.0 cm³/mol. The van der Waals surface area contributed by atoms with Crippen LogP contribution in [0.1, 0.15) is 23.7 Å². The molecule has 0 bridgehead atoms. The highest BCUT2D eigenvalue weighted by atomic mass is 16.5. The van der Waals surface area contributed by atoms with Gasteiger partial charge in [0, 0.05) is 12.8 Å². The molecule has 0 spiro atoms. The van der Waals surface area contributed by atoms with Crippen LogP contribution in [0.5, 0.6) is 0 Å². The van der Waals surface area contributed by atoms with Crippen molar-refractivity contribution in [1.29, 1.82) is 0 Å². The lowest BCUT2D eigenvalue weighted by Crippen LogP contribution is -2.22. The summed E-state index contributed by atoms with van der Waals surface area (Å²) >= 11 is 0. The van der Waals surface area contributed by atoms with Crippen molar-refractivity contribution in [3.8, 4) is 0 Å². The fourth-order valence-corrected chi connectivity index (χ4v) is 1.74. The fourth-order valence-electron chi connectivity index (χ4n) is 1.74. The maximum absolute atomic E-state index is 11.7. The van der Waals surface area contributed by atoms with E-state index in [1.54, 1.807) is 25.3 Å². The van der Waals surface area contributed by atoms with Gasteiger partial charge in [-0.15, -0.1) is 0 Å². The third-order valence-corrected chi connectivity index (χ3v) is 2.57. The second-order valence-electron chi connectivity index (χ2n) is 3.82. The number of ether oxygens (including phenoxy) is 2. The third kappa shape index (κ3) is 2.94. The van der Waals surface area contributed by atoms with Gasteiger partial charge in [0.25, 0.3) is 0 Å². The number of nitrogens with one attached hydrogen (secondary N) is 1. The zero-order valence-electron chi connectivity index (χ0n) is 9.81. The quantitative estimate of drug-likeness (QED) is 0.802. The van der Waals surface area contributed by atoms with Crippen molar-refractivity contribution in [2.24, 2.45) is 0 Å². The molecule has 1 aliphatic rings. The standard InChI is InChI=1S/C12H16N2O3/c1-2-17-12(15)10-4-3-6-13-11(10)14-9-5-7-16-8-9/h3-4,6,9H,2,5,7-8H2,1H3,(H,13,14). The van der Waals surface area contributed by atoms with E-state index in [2.05, 4.69) is 10.3 Å². The molecule has 2 heterocycles. The minimum absolute atomic E-state index is 0.220. The van der Waals surface area contributed by atoms with Crippen molar-refractivity contribution in [2.45, 2.75) is 19.4 Å². The molecule has 1 saturated heterocycles. The van der Waals surface area contributed by atoms with Crippen LogP contribution in [0.4, 0.5) is 5.82 Å².